The Labute approximate surface area is 396 Å². The zero-order chi connectivity index (χ0) is 46.5. The van der Waals surface area contributed by atoms with Crippen molar-refractivity contribution in [3.05, 3.63) is 123 Å². The van der Waals surface area contributed by atoms with Crippen LogP contribution in [0.2, 0.25) is 5.02 Å². The minimum Gasteiger partial charge on any atom is -0.369 e. The first-order valence-electron chi connectivity index (χ1n) is 23.5. The third-order valence-corrected chi connectivity index (χ3v) is 13.9. The summed E-state index contributed by atoms with van der Waals surface area (Å²) in [5.41, 5.74) is 12.0. The van der Waals surface area contributed by atoms with Gasteiger partial charge in [0, 0.05) is 137 Å². The molecule has 4 amide bonds. The number of nitrogens with one attached hydrogen (secondary N) is 2. The second-order valence-corrected chi connectivity index (χ2v) is 18.8. The number of carbonyl (C=O) groups excluding carboxylic acids is 2. The van der Waals surface area contributed by atoms with Crippen molar-refractivity contribution < 1.29 is 9.59 Å². The quantitative estimate of drug-likeness (QED) is 0.253. The molecule has 15 heteroatoms. The van der Waals surface area contributed by atoms with Crippen molar-refractivity contribution in [3.63, 3.8) is 0 Å². The number of urea groups is 2. The van der Waals surface area contributed by atoms with Gasteiger partial charge in [-0.05, 0) is 107 Å². The van der Waals surface area contributed by atoms with E-state index in [1.165, 1.54) is 28.2 Å². The molecule has 350 valence electrons. The predicted molar refractivity (Wildman–Crippen MR) is 270 cm³/mol. The average molecular weight is 916 g/mol. The fraction of sp³-hybridized carbons (Fsp3) is 0.451. The Morgan fingerprint density at radius 1 is 0.500 bits per heavy atom. The predicted octanol–water partition coefficient (Wildman–Crippen LogP) is 5.96. The van der Waals surface area contributed by atoms with Crippen LogP contribution in [0.3, 0.4) is 0 Å². The van der Waals surface area contributed by atoms with Crippen LogP contribution in [0.25, 0.3) is 0 Å². The number of halogens is 1. The Morgan fingerprint density at radius 2 is 0.833 bits per heavy atom. The van der Waals surface area contributed by atoms with E-state index in [9.17, 15) is 9.59 Å². The molecule has 2 atom stereocenters. The number of fused-ring (bicyclic) bond motifs is 2. The molecule has 5 aliphatic heterocycles. The number of benzene rings is 4. The summed E-state index contributed by atoms with van der Waals surface area (Å²) in [5, 5.41) is 19.1. The van der Waals surface area contributed by atoms with E-state index in [2.05, 4.69) is 129 Å². The highest BCUT2D eigenvalue weighted by atomic mass is 35.5. The standard InChI is InChI=1S/C28H39N7O.C23H28ClN5O/c1-21-19-23-20-25(34-17-13-32(4)14-18-34)9-10-26(23)27(30-35(21)28(36)29-2)22-5-7-24(8-6-22)33-15-11-31(3)12-16-33;1-16-14-18-15-20(28-12-10-27(3)11-13-28)8-9-21(18)22(26-29(16)23(30)25-2)17-4-6-19(24)7-5-17/h5-10,20-21H,11-19H2,1-4H3,(H,29,36);4-9,15-16H,10-14H2,1-3H3,(H,25,30). The summed E-state index contributed by atoms with van der Waals surface area (Å²) in [4.78, 5) is 39.7. The van der Waals surface area contributed by atoms with Gasteiger partial charge in [0.25, 0.3) is 0 Å². The van der Waals surface area contributed by atoms with Gasteiger partial charge in [-0.15, -0.1) is 0 Å². The molecule has 0 aromatic heterocycles. The average Bonchev–Trinajstić information content (AvgIpc) is 3.58. The van der Waals surface area contributed by atoms with E-state index in [0.717, 1.165) is 125 Å². The topological polar surface area (TPSA) is 109 Å². The van der Waals surface area contributed by atoms with Gasteiger partial charge in [0.1, 0.15) is 0 Å². The van der Waals surface area contributed by atoms with Crippen LogP contribution in [0.1, 0.15) is 47.2 Å². The van der Waals surface area contributed by atoms with Gasteiger partial charge in [-0.25, -0.2) is 19.6 Å². The second kappa shape index (κ2) is 20.9. The Kier molecular flexibility index (Phi) is 14.8. The molecule has 0 saturated carbocycles. The Morgan fingerprint density at radius 3 is 1.20 bits per heavy atom. The smallest absolute Gasteiger partial charge is 0.337 e. The summed E-state index contributed by atoms with van der Waals surface area (Å²) >= 11 is 6.10. The van der Waals surface area contributed by atoms with Crippen molar-refractivity contribution in [2.45, 2.75) is 38.8 Å². The normalized spacial score (nSPS) is 20.8. The lowest BCUT2D eigenvalue weighted by Gasteiger charge is -2.34. The molecular formula is C51H67ClN12O2. The number of rotatable bonds is 5. The first kappa shape index (κ1) is 46.8. The Balaban J connectivity index is 0.000000182. The number of anilines is 3. The van der Waals surface area contributed by atoms with E-state index < -0.39 is 0 Å². The van der Waals surface area contributed by atoms with E-state index in [4.69, 9.17) is 21.8 Å². The molecule has 14 nitrogen and oxygen atoms in total. The van der Waals surface area contributed by atoms with Gasteiger partial charge in [-0.1, -0.05) is 48.0 Å². The summed E-state index contributed by atoms with van der Waals surface area (Å²) in [6, 6.07) is 29.2. The largest absolute Gasteiger partial charge is 0.369 e. The van der Waals surface area contributed by atoms with Crippen LogP contribution in [0.15, 0.2) is 95.1 Å². The number of nitrogens with zero attached hydrogens (tertiary/aromatic N) is 10. The number of hydrogen-bond donors (Lipinski definition) is 2. The molecule has 0 aliphatic carbocycles. The molecule has 2 N–H and O–H groups in total. The summed E-state index contributed by atoms with van der Waals surface area (Å²) < 4.78 is 0. The number of carbonyl (C=O) groups is 2. The van der Waals surface area contributed by atoms with Crippen LogP contribution >= 0.6 is 11.6 Å². The number of amides is 4. The highest BCUT2D eigenvalue weighted by Crippen LogP contribution is 2.31. The van der Waals surface area contributed by atoms with Crippen molar-refractivity contribution >= 4 is 52.1 Å². The minimum absolute atomic E-state index is 0.0476. The fourth-order valence-electron chi connectivity index (χ4n) is 9.46. The fourth-order valence-corrected chi connectivity index (χ4v) is 9.59. The molecule has 0 radical (unpaired) electrons. The number of piperazine rings is 3. The van der Waals surface area contributed by atoms with E-state index in [0.29, 0.717) is 5.02 Å². The Hall–Kier alpha value is -5.67. The number of hydrogen-bond acceptors (Lipinski definition) is 10. The van der Waals surface area contributed by atoms with Crippen molar-refractivity contribution in [2.24, 2.45) is 10.2 Å². The highest BCUT2D eigenvalue weighted by Gasteiger charge is 2.30. The molecule has 2 unspecified atom stereocenters. The maximum absolute atomic E-state index is 12.8. The number of hydrazone groups is 2. The molecule has 5 heterocycles. The lowest BCUT2D eigenvalue weighted by molar-refractivity contribution is 0.184. The van der Waals surface area contributed by atoms with Crippen LogP contribution in [-0.4, -0.2) is 174 Å². The van der Waals surface area contributed by atoms with Crippen LogP contribution in [-0.2, 0) is 12.8 Å². The zero-order valence-electron chi connectivity index (χ0n) is 39.8. The van der Waals surface area contributed by atoms with E-state index in [-0.39, 0.29) is 24.1 Å². The van der Waals surface area contributed by atoms with Crippen LogP contribution in [0.4, 0.5) is 26.7 Å². The van der Waals surface area contributed by atoms with Crippen molar-refractivity contribution in [1.82, 2.24) is 35.4 Å². The Bertz CT molecular complexity index is 2380. The SMILES string of the molecule is CNC(=O)N1N=C(c2ccc(Cl)cc2)c2ccc(N3CCN(C)CC3)cc2CC1C.CNC(=O)N1N=C(c2ccc(N3CCN(C)CC3)cc2)c2ccc(N3CCN(C)CC3)cc2CC1C. The van der Waals surface area contributed by atoms with Gasteiger partial charge < -0.3 is 40.0 Å². The lowest BCUT2D eigenvalue weighted by Crippen LogP contribution is -2.44. The summed E-state index contributed by atoms with van der Waals surface area (Å²) in [7, 11) is 9.82. The zero-order valence-corrected chi connectivity index (χ0v) is 40.6. The maximum atomic E-state index is 12.8. The molecule has 9 rings (SSSR count). The van der Waals surface area contributed by atoms with Gasteiger partial charge in [-0.3, -0.25) is 0 Å². The molecule has 0 bridgehead atoms. The summed E-state index contributed by atoms with van der Waals surface area (Å²) in [6.45, 7) is 16.7. The summed E-state index contributed by atoms with van der Waals surface area (Å²) in [6.07, 6.45) is 1.50. The van der Waals surface area contributed by atoms with Gasteiger partial charge in [-0.2, -0.15) is 10.2 Å². The molecule has 3 fully saturated rings. The first-order valence-corrected chi connectivity index (χ1v) is 23.9. The van der Waals surface area contributed by atoms with Crippen LogP contribution < -0.4 is 25.3 Å². The van der Waals surface area contributed by atoms with E-state index >= 15 is 0 Å². The summed E-state index contributed by atoms with van der Waals surface area (Å²) in [5.74, 6) is 0. The minimum atomic E-state index is -0.207. The van der Waals surface area contributed by atoms with Crippen molar-refractivity contribution in [1.29, 1.82) is 0 Å². The lowest BCUT2D eigenvalue weighted by atomic mass is 9.93. The van der Waals surface area contributed by atoms with Gasteiger partial charge in [0.2, 0.25) is 0 Å². The third-order valence-electron chi connectivity index (χ3n) is 13.7. The van der Waals surface area contributed by atoms with Crippen molar-refractivity contribution in [2.75, 3.05) is 128 Å². The van der Waals surface area contributed by atoms with Crippen LogP contribution in [0, 0.1) is 0 Å². The van der Waals surface area contributed by atoms with E-state index in [1.807, 2.05) is 31.2 Å². The molecule has 3 saturated heterocycles. The third kappa shape index (κ3) is 10.6. The number of likely N-dealkylation sites (N-methyl/N-ethyl adjacent to an activating group) is 3. The van der Waals surface area contributed by atoms with E-state index in [1.54, 1.807) is 24.1 Å². The second-order valence-electron chi connectivity index (χ2n) is 18.4. The molecular weight excluding hydrogens is 848 g/mol. The molecule has 66 heavy (non-hydrogen) atoms. The molecule has 0 spiro atoms. The van der Waals surface area contributed by atoms with Gasteiger partial charge >= 0.3 is 12.1 Å². The monoisotopic (exact) mass is 915 g/mol. The maximum Gasteiger partial charge on any atom is 0.337 e. The van der Waals surface area contributed by atoms with Gasteiger partial charge in [0.15, 0.2) is 0 Å². The van der Waals surface area contributed by atoms with Crippen molar-refractivity contribution in [3.8, 4) is 0 Å². The van der Waals surface area contributed by atoms with Crippen LogP contribution in [0.5, 0.6) is 0 Å². The molecule has 5 aliphatic rings. The molecule has 4 aromatic carbocycles. The molecule has 4 aromatic rings. The first-order chi connectivity index (χ1) is 31.9. The van der Waals surface area contributed by atoms with Gasteiger partial charge in [0.05, 0.1) is 23.5 Å². The highest BCUT2D eigenvalue weighted by molar-refractivity contribution is 6.30.